The fourth-order valence-corrected chi connectivity index (χ4v) is 5.81. The van der Waals surface area contributed by atoms with Gasteiger partial charge in [0.05, 0.1) is 25.9 Å². The third kappa shape index (κ3) is 6.86. The molecule has 0 aliphatic heterocycles. The van der Waals surface area contributed by atoms with Crippen molar-refractivity contribution in [3.05, 3.63) is 52.8 Å². The van der Waals surface area contributed by atoms with Crippen LogP contribution in [0.4, 0.5) is 9.52 Å². The van der Waals surface area contributed by atoms with E-state index in [9.17, 15) is 17.6 Å². The Labute approximate surface area is 208 Å². The molecule has 3 rings (SSSR count). The maximum atomic E-state index is 13.1. The first kappa shape index (κ1) is 27.5. The number of thiazole rings is 1. The fourth-order valence-electron chi connectivity index (χ4n) is 3.14. The molecule has 0 fully saturated rings. The fraction of sp³-hybridized carbons (Fsp3) is 0.364. The van der Waals surface area contributed by atoms with Crippen molar-refractivity contribution in [1.29, 1.82) is 0 Å². The van der Waals surface area contributed by atoms with Crippen LogP contribution < -0.4 is 4.90 Å². The van der Waals surface area contributed by atoms with Crippen molar-refractivity contribution in [3.63, 3.8) is 0 Å². The quantitative estimate of drug-likeness (QED) is 0.363. The van der Waals surface area contributed by atoms with Crippen LogP contribution in [0, 0.1) is 12.7 Å². The zero-order valence-electron chi connectivity index (χ0n) is 18.5. The molecule has 0 unspecified atom stereocenters. The van der Waals surface area contributed by atoms with Gasteiger partial charge in [-0.15, -0.1) is 12.4 Å². The number of likely N-dealkylation sites (N-methyl/N-ethyl adjacent to an activating group) is 1. The van der Waals surface area contributed by atoms with Crippen molar-refractivity contribution in [2.45, 2.75) is 24.7 Å². The Morgan fingerprint density at radius 1 is 1.12 bits per heavy atom. The molecule has 33 heavy (non-hydrogen) atoms. The van der Waals surface area contributed by atoms with Crippen molar-refractivity contribution >= 4 is 66.4 Å². The van der Waals surface area contributed by atoms with Gasteiger partial charge in [-0.3, -0.25) is 9.69 Å². The zero-order chi connectivity index (χ0) is 23.5. The molecule has 0 atom stereocenters. The molecule has 1 aromatic heterocycles. The SMILES string of the molecule is Cc1ccc(Cl)c2sc(N(CCN(C)C)C(=O)CCCS(=O)(=O)c3ccc(F)cc3)nc12.Cl. The Hall–Kier alpha value is -1.78. The number of fused-ring (bicyclic) bond motifs is 1. The molecule has 180 valence electrons. The van der Waals surface area contributed by atoms with Gasteiger partial charge in [0.25, 0.3) is 0 Å². The van der Waals surface area contributed by atoms with Crippen LogP contribution in [-0.2, 0) is 14.6 Å². The van der Waals surface area contributed by atoms with Gasteiger partial charge < -0.3 is 4.90 Å². The third-order valence-corrected chi connectivity index (χ3v) is 8.32. The van der Waals surface area contributed by atoms with Crippen LogP contribution >= 0.6 is 35.3 Å². The lowest BCUT2D eigenvalue weighted by Gasteiger charge is -2.22. The normalized spacial score (nSPS) is 11.6. The van der Waals surface area contributed by atoms with Gasteiger partial charge in [-0.1, -0.05) is 29.0 Å². The molecule has 0 saturated heterocycles. The van der Waals surface area contributed by atoms with Gasteiger partial charge in [0.15, 0.2) is 15.0 Å². The van der Waals surface area contributed by atoms with Gasteiger partial charge in [0.2, 0.25) is 5.91 Å². The van der Waals surface area contributed by atoms with Gasteiger partial charge in [0.1, 0.15) is 5.82 Å². The summed E-state index contributed by atoms with van der Waals surface area (Å²) in [5.74, 6) is -0.896. The van der Waals surface area contributed by atoms with E-state index in [0.717, 1.165) is 27.9 Å². The summed E-state index contributed by atoms with van der Waals surface area (Å²) in [6.45, 7) is 2.99. The van der Waals surface area contributed by atoms with E-state index in [1.54, 1.807) is 4.90 Å². The van der Waals surface area contributed by atoms with Crippen LogP contribution in [0.3, 0.4) is 0 Å². The van der Waals surface area contributed by atoms with E-state index in [4.69, 9.17) is 11.6 Å². The van der Waals surface area contributed by atoms with E-state index < -0.39 is 15.7 Å². The number of halogens is 3. The minimum Gasteiger partial charge on any atom is -0.308 e. The van der Waals surface area contributed by atoms with Crippen molar-refractivity contribution in [2.75, 3.05) is 37.8 Å². The van der Waals surface area contributed by atoms with Crippen LogP contribution in [0.2, 0.25) is 5.02 Å². The number of benzene rings is 2. The van der Waals surface area contributed by atoms with E-state index in [1.807, 2.05) is 38.1 Å². The topological polar surface area (TPSA) is 70.6 Å². The second-order valence-electron chi connectivity index (χ2n) is 7.76. The number of rotatable bonds is 9. The highest BCUT2D eigenvalue weighted by Crippen LogP contribution is 2.35. The summed E-state index contributed by atoms with van der Waals surface area (Å²) in [4.78, 5) is 21.3. The van der Waals surface area contributed by atoms with E-state index in [0.29, 0.717) is 23.2 Å². The number of hydrogen-bond donors (Lipinski definition) is 0. The molecule has 0 bridgehead atoms. The lowest BCUT2D eigenvalue weighted by Crippen LogP contribution is -2.36. The Morgan fingerprint density at radius 3 is 2.39 bits per heavy atom. The predicted molar refractivity (Wildman–Crippen MR) is 135 cm³/mol. The highest BCUT2D eigenvalue weighted by Gasteiger charge is 2.22. The number of nitrogens with zero attached hydrogens (tertiary/aromatic N) is 3. The number of aryl methyl sites for hydroxylation is 1. The Bertz CT molecular complexity index is 1180. The van der Waals surface area contributed by atoms with Crippen LogP contribution in [0.5, 0.6) is 0 Å². The minimum atomic E-state index is -3.60. The van der Waals surface area contributed by atoms with Gasteiger partial charge in [-0.05, 0) is 63.3 Å². The number of anilines is 1. The lowest BCUT2D eigenvalue weighted by atomic mass is 10.2. The molecule has 2 aromatic carbocycles. The number of carbonyl (C=O) groups is 1. The van der Waals surface area contributed by atoms with Crippen molar-refractivity contribution < 1.29 is 17.6 Å². The second-order valence-corrected chi connectivity index (χ2v) is 11.3. The van der Waals surface area contributed by atoms with Crippen molar-refractivity contribution in [2.24, 2.45) is 0 Å². The van der Waals surface area contributed by atoms with E-state index in [-0.39, 0.29) is 41.8 Å². The Balaban J connectivity index is 0.00000385. The molecule has 0 aliphatic carbocycles. The minimum absolute atomic E-state index is 0. The monoisotopic (exact) mass is 533 g/mol. The van der Waals surface area contributed by atoms with E-state index >= 15 is 0 Å². The summed E-state index contributed by atoms with van der Waals surface area (Å²) < 4.78 is 38.9. The van der Waals surface area contributed by atoms with E-state index in [1.165, 1.54) is 23.5 Å². The lowest BCUT2D eigenvalue weighted by molar-refractivity contribution is -0.118. The molecule has 11 heteroatoms. The molecule has 3 aromatic rings. The maximum absolute atomic E-state index is 13.1. The number of hydrogen-bond acceptors (Lipinski definition) is 6. The Morgan fingerprint density at radius 2 is 1.79 bits per heavy atom. The number of sulfone groups is 1. The summed E-state index contributed by atoms with van der Waals surface area (Å²) in [5, 5.41) is 1.13. The van der Waals surface area contributed by atoms with Gasteiger partial charge in [0, 0.05) is 19.5 Å². The predicted octanol–water partition coefficient (Wildman–Crippen LogP) is 4.97. The summed E-state index contributed by atoms with van der Waals surface area (Å²) in [6, 6.07) is 8.41. The summed E-state index contributed by atoms with van der Waals surface area (Å²) in [7, 11) is 0.231. The van der Waals surface area contributed by atoms with E-state index in [2.05, 4.69) is 4.98 Å². The molecule has 0 aliphatic rings. The van der Waals surface area contributed by atoms with Crippen LogP contribution in [0.1, 0.15) is 18.4 Å². The largest absolute Gasteiger partial charge is 0.308 e. The molecule has 1 amide bonds. The highest BCUT2D eigenvalue weighted by atomic mass is 35.5. The first-order valence-electron chi connectivity index (χ1n) is 10.1. The van der Waals surface area contributed by atoms with Crippen LogP contribution in [0.15, 0.2) is 41.3 Å². The summed E-state index contributed by atoms with van der Waals surface area (Å²) >= 11 is 7.68. The molecule has 6 nitrogen and oxygen atoms in total. The van der Waals surface area contributed by atoms with Gasteiger partial charge in [-0.2, -0.15) is 0 Å². The molecular formula is C22H26Cl2FN3O3S2. The van der Waals surface area contributed by atoms with Gasteiger partial charge >= 0.3 is 0 Å². The highest BCUT2D eigenvalue weighted by molar-refractivity contribution is 7.91. The van der Waals surface area contributed by atoms with Crippen LogP contribution in [-0.4, -0.2) is 57.1 Å². The molecule has 0 radical (unpaired) electrons. The number of aromatic nitrogens is 1. The standard InChI is InChI=1S/C22H25ClFN3O3S2.ClH/c1-15-6-11-18(23)21-20(15)25-22(31-21)27(13-12-26(2)3)19(28)5-4-14-32(29,30)17-9-7-16(24)8-10-17;/h6-11H,4-5,12-14H2,1-3H3;1H. The second kappa shape index (κ2) is 11.6. The molecule has 1 heterocycles. The molecule has 0 saturated carbocycles. The smallest absolute Gasteiger partial charge is 0.228 e. The maximum Gasteiger partial charge on any atom is 0.228 e. The van der Waals surface area contributed by atoms with Crippen LogP contribution in [0.25, 0.3) is 10.2 Å². The Kier molecular flexibility index (Phi) is 9.63. The average Bonchev–Trinajstić information content (AvgIpc) is 3.17. The molecule has 0 spiro atoms. The summed E-state index contributed by atoms with van der Waals surface area (Å²) in [5.41, 5.74) is 1.73. The van der Waals surface area contributed by atoms with Gasteiger partial charge in [-0.25, -0.2) is 17.8 Å². The molecular weight excluding hydrogens is 508 g/mol. The number of carbonyl (C=O) groups excluding carboxylic acids is 1. The molecule has 0 N–H and O–H groups in total. The summed E-state index contributed by atoms with van der Waals surface area (Å²) in [6.07, 6.45) is 0.207. The van der Waals surface area contributed by atoms with Crippen molar-refractivity contribution in [3.8, 4) is 0 Å². The van der Waals surface area contributed by atoms with Crippen molar-refractivity contribution in [1.82, 2.24) is 9.88 Å². The first-order valence-corrected chi connectivity index (χ1v) is 12.9. The average molecular weight is 535 g/mol. The zero-order valence-corrected chi connectivity index (χ0v) is 21.8. The first-order chi connectivity index (χ1) is 15.1. The number of amides is 1. The third-order valence-electron chi connectivity index (χ3n) is 4.97.